The van der Waals surface area contributed by atoms with Gasteiger partial charge in [0.05, 0.1) is 6.61 Å². The summed E-state index contributed by atoms with van der Waals surface area (Å²) in [4.78, 5) is 10.9. The van der Waals surface area contributed by atoms with E-state index < -0.39 is 37.3 Å². The Hall–Kier alpha value is -0.730. The van der Waals surface area contributed by atoms with Gasteiger partial charge < -0.3 is 30.1 Å². The molecule has 16 heavy (non-hydrogen) atoms. The van der Waals surface area contributed by atoms with Gasteiger partial charge in [-0.3, -0.25) is 4.79 Å². The van der Waals surface area contributed by atoms with E-state index in [1.54, 1.807) is 0 Å². The number of aliphatic hydroxyl groups is 3. The molecule has 7 heteroatoms. The van der Waals surface area contributed by atoms with Crippen molar-refractivity contribution in [1.82, 2.24) is 5.32 Å². The fraction of sp³-hybridized carbons (Fsp3) is 0.889. The van der Waals surface area contributed by atoms with E-state index in [-0.39, 0.29) is 5.91 Å². The summed E-state index contributed by atoms with van der Waals surface area (Å²) in [6, 6.07) is -0.861. The molecule has 94 valence electrons. The molecule has 1 aliphatic heterocycles. The van der Waals surface area contributed by atoms with Crippen LogP contribution in [0.25, 0.3) is 0 Å². The first kappa shape index (κ1) is 13.3. The van der Waals surface area contributed by atoms with E-state index in [1.807, 2.05) is 0 Å². The number of ether oxygens (including phenoxy) is 2. The van der Waals surface area contributed by atoms with Crippen LogP contribution in [-0.4, -0.2) is 65.6 Å². The molecule has 7 nitrogen and oxygen atoms in total. The van der Waals surface area contributed by atoms with Gasteiger partial charge in [-0.2, -0.15) is 0 Å². The molecule has 1 amide bonds. The molecular formula is C9H17NO6. The third-order valence-corrected chi connectivity index (χ3v) is 2.48. The molecule has 2 unspecified atom stereocenters. The molecule has 1 saturated heterocycles. The van der Waals surface area contributed by atoms with Crippen LogP contribution >= 0.6 is 0 Å². The van der Waals surface area contributed by atoms with Gasteiger partial charge in [0.15, 0.2) is 6.29 Å². The summed E-state index contributed by atoms with van der Waals surface area (Å²) in [5.74, 6) is -0.371. The van der Waals surface area contributed by atoms with Crippen molar-refractivity contribution in [2.45, 2.75) is 37.6 Å². The summed E-state index contributed by atoms with van der Waals surface area (Å²) < 4.78 is 10.1. The molecule has 0 aromatic rings. The number of carbonyl (C=O) groups is 1. The SMILES string of the molecule is CO[C@H]1OC(CO)[C@@H](O)[C@H](O)C1NC(C)=O. The number of rotatable bonds is 3. The molecule has 5 atom stereocenters. The Labute approximate surface area is 93.0 Å². The molecular weight excluding hydrogens is 218 g/mol. The minimum absolute atomic E-state index is 0.371. The third-order valence-electron chi connectivity index (χ3n) is 2.48. The number of hydrogen-bond acceptors (Lipinski definition) is 6. The van der Waals surface area contributed by atoms with Crippen LogP contribution in [0.4, 0.5) is 0 Å². The van der Waals surface area contributed by atoms with E-state index in [2.05, 4.69) is 5.32 Å². The molecule has 4 N–H and O–H groups in total. The van der Waals surface area contributed by atoms with Crippen molar-refractivity contribution in [3.05, 3.63) is 0 Å². The van der Waals surface area contributed by atoms with Gasteiger partial charge in [-0.05, 0) is 0 Å². The summed E-state index contributed by atoms with van der Waals surface area (Å²) in [5.41, 5.74) is 0. The molecule has 0 saturated carbocycles. The van der Waals surface area contributed by atoms with E-state index in [0.29, 0.717) is 0 Å². The third kappa shape index (κ3) is 2.69. The molecule has 1 rings (SSSR count). The number of methoxy groups -OCH3 is 1. The second kappa shape index (κ2) is 5.55. The van der Waals surface area contributed by atoms with Crippen molar-refractivity contribution in [3.8, 4) is 0 Å². The molecule has 1 fully saturated rings. The van der Waals surface area contributed by atoms with Gasteiger partial charge in [0.1, 0.15) is 24.4 Å². The maximum absolute atomic E-state index is 10.9. The molecule has 1 aliphatic rings. The summed E-state index contributed by atoms with van der Waals surface area (Å²) in [6.45, 7) is 0.842. The minimum Gasteiger partial charge on any atom is -0.394 e. The summed E-state index contributed by atoms with van der Waals surface area (Å²) >= 11 is 0. The number of nitrogens with one attached hydrogen (secondary N) is 1. The molecule has 0 aliphatic carbocycles. The molecule has 0 bridgehead atoms. The van der Waals surface area contributed by atoms with Crippen molar-refractivity contribution in [2.24, 2.45) is 0 Å². The lowest BCUT2D eigenvalue weighted by molar-refractivity contribution is -0.262. The zero-order chi connectivity index (χ0) is 12.3. The maximum atomic E-state index is 10.9. The Morgan fingerprint density at radius 2 is 2.06 bits per heavy atom. The second-order valence-corrected chi connectivity index (χ2v) is 3.67. The van der Waals surface area contributed by atoms with Crippen molar-refractivity contribution in [2.75, 3.05) is 13.7 Å². The first-order valence-corrected chi connectivity index (χ1v) is 4.93. The highest BCUT2D eigenvalue weighted by Gasteiger charge is 2.44. The fourth-order valence-corrected chi connectivity index (χ4v) is 1.67. The smallest absolute Gasteiger partial charge is 0.217 e. The van der Waals surface area contributed by atoms with Gasteiger partial charge >= 0.3 is 0 Å². The van der Waals surface area contributed by atoms with E-state index in [1.165, 1.54) is 14.0 Å². The fourth-order valence-electron chi connectivity index (χ4n) is 1.67. The minimum atomic E-state index is -1.27. The standard InChI is InChI=1S/C9H17NO6/c1-4(12)10-6-8(14)7(13)5(3-11)16-9(6)15-2/h5-9,11,13-14H,3H2,1-2H3,(H,10,12)/t5?,6?,7-,8-,9+/m1/s1. The van der Waals surface area contributed by atoms with Crippen LogP contribution in [0.3, 0.4) is 0 Å². The first-order chi connectivity index (χ1) is 7.51. The molecule has 0 radical (unpaired) electrons. The Balaban J connectivity index is 2.77. The lowest BCUT2D eigenvalue weighted by Gasteiger charge is -2.41. The van der Waals surface area contributed by atoms with E-state index in [0.717, 1.165) is 0 Å². The van der Waals surface area contributed by atoms with E-state index in [4.69, 9.17) is 14.6 Å². The lowest BCUT2D eigenvalue weighted by Crippen LogP contribution is -2.64. The van der Waals surface area contributed by atoms with Crippen LogP contribution in [0.5, 0.6) is 0 Å². The van der Waals surface area contributed by atoms with Crippen LogP contribution < -0.4 is 5.32 Å². The average molecular weight is 235 g/mol. The lowest BCUT2D eigenvalue weighted by atomic mass is 9.97. The first-order valence-electron chi connectivity index (χ1n) is 4.93. The van der Waals surface area contributed by atoms with Crippen LogP contribution in [0, 0.1) is 0 Å². The van der Waals surface area contributed by atoms with Crippen molar-refractivity contribution >= 4 is 5.91 Å². The monoisotopic (exact) mass is 235 g/mol. The maximum Gasteiger partial charge on any atom is 0.217 e. The molecule has 0 aromatic heterocycles. The second-order valence-electron chi connectivity index (χ2n) is 3.67. The number of aliphatic hydroxyl groups excluding tert-OH is 3. The van der Waals surface area contributed by atoms with Gasteiger partial charge in [-0.25, -0.2) is 0 Å². The van der Waals surface area contributed by atoms with Crippen LogP contribution in [0.15, 0.2) is 0 Å². The molecule has 1 heterocycles. The predicted octanol–water partition coefficient (Wildman–Crippen LogP) is -2.42. The number of amides is 1. The summed E-state index contributed by atoms with van der Waals surface area (Å²) in [6.07, 6.45) is -4.35. The highest BCUT2D eigenvalue weighted by molar-refractivity contribution is 5.73. The Morgan fingerprint density at radius 1 is 1.44 bits per heavy atom. The Kier molecular flexibility index (Phi) is 4.63. The zero-order valence-corrected chi connectivity index (χ0v) is 9.16. The molecule has 0 spiro atoms. The highest BCUT2D eigenvalue weighted by Crippen LogP contribution is 2.21. The van der Waals surface area contributed by atoms with Gasteiger partial charge in [-0.15, -0.1) is 0 Å². The van der Waals surface area contributed by atoms with Gasteiger partial charge in [-0.1, -0.05) is 0 Å². The van der Waals surface area contributed by atoms with Crippen LogP contribution in [0.1, 0.15) is 6.92 Å². The zero-order valence-electron chi connectivity index (χ0n) is 9.16. The molecule has 0 aromatic carbocycles. The van der Waals surface area contributed by atoms with E-state index >= 15 is 0 Å². The van der Waals surface area contributed by atoms with Gasteiger partial charge in [0.25, 0.3) is 0 Å². The van der Waals surface area contributed by atoms with Crippen LogP contribution in [0.2, 0.25) is 0 Å². The van der Waals surface area contributed by atoms with E-state index in [9.17, 15) is 15.0 Å². The summed E-state index contributed by atoms with van der Waals surface area (Å²) in [7, 11) is 1.35. The average Bonchev–Trinajstić information content (AvgIpc) is 2.25. The largest absolute Gasteiger partial charge is 0.394 e. The quantitative estimate of drug-likeness (QED) is 0.433. The number of carbonyl (C=O) groups excluding carboxylic acids is 1. The van der Waals surface area contributed by atoms with Gasteiger partial charge in [0.2, 0.25) is 5.91 Å². The summed E-state index contributed by atoms with van der Waals surface area (Å²) in [5, 5.41) is 30.7. The normalized spacial score (nSPS) is 39.4. The Bertz CT molecular complexity index is 246. The van der Waals surface area contributed by atoms with Crippen molar-refractivity contribution < 1.29 is 29.6 Å². The predicted molar refractivity (Wildman–Crippen MR) is 52.4 cm³/mol. The van der Waals surface area contributed by atoms with Gasteiger partial charge in [0, 0.05) is 14.0 Å². The van der Waals surface area contributed by atoms with Crippen LogP contribution in [-0.2, 0) is 14.3 Å². The number of hydrogen-bond donors (Lipinski definition) is 4. The topological polar surface area (TPSA) is 108 Å². The Morgan fingerprint density at radius 3 is 2.50 bits per heavy atom. The highest BCUT2D eigenvalue weighted by atomic mass is 16.7. The van der Waals surface area contributed by atoms with Crippen molar-refractivity contribution in [3.63, 3.8) is 0 Å². The van der Waals surface area contributed by atoms with Crippen molar-refractivity contribution in [1.29, 1.82) is 0 Å².